The summed E-state index contributed by atoms with van der Waals surface area (Å²) in [4.78, 5) is 43.9. The van der Waals surface area contributed by atoms with Crippen molar-refractivity contribution in [2.24, 2.45) is 0 Å². The van der Waals surface area contributed by atoms with Crippen LogP contribution < -0.4 is 10.0 Å². The van der Waals surface area contributed by atoms with E-state index in [1.54, 1.807) is 13.8 Å². The lowest BCUT2D eigenvalue weighted by Gasteiger charge is -2.28. The highest BCUT2D eigenvalue weighted by Crippen LogP contribution is 2.40. The summed E-state index contributed by atoms with van der Waals surface area (Å²) >= 11 is 0. The molecule has 2 heterocycles. The lowest BCUT2D eigenvalue weighted by Crippen LogP contribution is -3.06. The highest BCUT2D eigenvalue weighted by atomic mass is 16.5. The smallest absolute Gasteiger partial charge is 0.354 e. The molecule has 0 saturated carbocycles. The number of likely N-dealkylation sites (N-methyl/N-ethyl adjacent to an activating group) is 1. The molecule has 1 saturated heterocycles. The quantitative estimate of drug-likeness (QED) is 0.272. The van der Waals surface area contributed by atoms with Crippen LogP contribution in [0.1, 0.15) is 64.2 Å². The number of nitrogens with zero attached hydrogens (tertiary/aromatic N) is 1. The predicted molar refractivity (Wildman–Crippen MR) is 126 cm³/mol. The third-order valence-electron chi connectivity index (χ3n) is 6.36. The van der Waals surface area contributed by atoms with Gasteiger partial charge in [-0.05, 0) is 42.0 Å². The number of ether oxygens (including phenoxy) is 1. The van der Waals surface area contributed by atoms with Gasteiger partial charge in [0.15, 0.2) is 0 Å². The Morgan fingerprint density at radius 1 is 1.18 bits per heavy atom. The standard InChI is InChI=1S/C26H33N3O5/c1-14(2)17-8-10-18(11-9-17)22-20(24(31)25(32)29(22)13-12-28(5)6)23(30)19-15(3)21(26(33)34-7)27-16(19)4/h8-11,14,22,27,30H,12-13H2,1-7H3/b23-20+. The lowest BCUT2D eigenvalue weighted by molar-refractivity contribution is -0.857. The Labute approximate surface area is 200 Å². The number of nitrogens with one attached hydrogen (secondary N) is 2. The second-order valence-corrected chi connectivity index (χ2v) is 9.37. The SMILES string of the molecule is COC(=O)c1[nH]c(C)c(/C([O-])=C2\C(=O)C(=O)N(CC[NH+](C)C)C2c2ccc(C(C)C)cc2)c1C. The summed E-state index contributed by atoms with van der Waals surface area (Å²) in [7, 11) is 5.19. The number of benzene rings is 1. The molecule has 0 spiro atoms. The third-order valence-corrected chi connectivity index (χ3v) is 6.36. The fourth-order valence-corrected chi connectivity index (χ4v) is 4.39. The van der Waals surface area contributed by atoms with Crippen LogP contribution in [0, 0.1) is 13.8 Å². The maximum atomic E-state index is 13.8. The lowest BCUT2D eigenvalue weighted by atomic mass is 9.92. The summed E-state index contributed by atoms with van der Waals surface area (Å²) in [5.41, 5.74) is 2.97. The summed E-state index contributed by atoms with van der Waals surface area (Å²) in [5.74, 6) is -2.30. The molecule has 8 heteroatoms. The maximum Gasteiger partial charge on any atom is 0.354 e. The van der Waals surface area contributed by atoms with Crippen LogP contribution in [0.2, 0.25) is 0 Å². The van der Waals surface area contributed by atoms with Crippen molar-refractivity contribution >= 4 is 23.4 Å². The Balaban J connectivity index is 2.21. The number of aryl methyl sites for hydroxylation is 1. The van der Waals surface area contributed by atoms with Gasteiger partial charge in [0.05, 0.1) is 40.3 Å². The molecule has 1 aromatic heterocycles. The van der Waals surface area contributed by atoms with Crippen molar-refractivity contribution in [3.63, 3.8) is 0 Å². The van der Waals surface area contributed by atoms with E-state index in [1.165, 1.54) is 12.0 Å². The number of Topliss-reactive ketones (excluding diaryl/α,β-unsaturated/α-hetero) is 1. The van der Waals surface area contributed by atoms with E-state index in [0.29, 0.717) is 35.8 Å². The van der Waals surface area contributed by atoms with Gasteiger partial charge in [-0.15, -0.1) is 0 Å². The monoisotopic (exact) mass is 467 g/mol. The number of hydrogen-bond acceptors (Lipinski definition) is 5. The Bertz CT molecular complexity index is 1140. The predicted octanol–water partition coefficient (Wildman–Crippen LogP) is 0.910. The van der Waals surface area contributed by atoms with E-state index in [0.717, 1.165) is 10.5 Å². The van der Waals surface area contributed by atoms with E-state index in [1.807, 2.05) is 38.4 Å². The fourth-order valence-electron chi connectivity index (χ4n) is 4.39. The van der Waals surface area contributed by atoms with Crippen LogP contribution in [0.15, 0.2) is 29.8 Å². The van der Waals surface area contributed by atoms with Crippen LogP contribution in [0.3, 0.4) is 0 Å². The fraction of sp³-hybridized carbons (Fsp3) is 0.423. The minimum atomic E-state index is -0.795. The number of amides is 1. The first-order chi connectivity index (χ1) is 16.0. The highest BCUT2D eigenvalue weighted by molar-refractivity contribution is 6.46. The van der Waals surface area contributed by atoms with Gasteiger partial charge in [-0.3, -0.25) is 9.59 Å². The molecule has 0 bridgehead atoms. The second-order valence-electron chi connectivity index (χ2n) is 9.37. The molecule has 1 unspecified atom stereocenters. The van der Waals surface area contributed by atoms with Crippen molar-refractivity contribution in [2.45, 2.75) is 39.7 Å². The number of esters is 1. The Hall–Kier alpha value is -3.39. The molecular weight excluding hydrogens is 434 g/mol. The number of carbonyl (C=O) groups excluding carboxylic acids is 3. The summed E-state index contributed by atoms with van der Waals surface area (Å²) in [6.07, 6.45) is 0. The van der Waals surface area contributed by atoms with E-state index < -0.39 is 29.5 Å². The number of hydrogen-bond donors (Lipinski definition) is 2. The maximum absolute atomic E-state index is 13.8. The van der Waals surface area contributed by atoms with Crippen LogP contribution in [-0.4, -0.2) is 61.8 Å². The van der Waals surface area contributed by atoms with Gasteiger partial charge in [0.25, 0.3) is 5.91 Å². The number of carbonyl (C=O) groups is 3. The first-order valence-electron chi connectivity index (χ1n) is 11.4. The van der Waals surface area contributed by atoms with Crippen LogP contribution in [0.5, 0.6) is 0 Å². The minimum absolute atomic E-state index is 0.0855. The van der Waals surface area contributed by atoms with E-state index in [-0.39, 0.29) is 16.8 Å². The average molecular weight is 468 g/mol. The van der Waals surface area contributed by atoms with Crippen molar-refractivity contribution in [3.05, 3.63) is 63.5 Å². The van der Waals surface area contributed by atoms with Crippen LogP contribution in [0.25, 0.3) is 5.76 Å². The van der Waals surface area contributed by atoms with Crippen molar-refractivity contribution in [1.82, 2.24) is 9.88 Å². The molecule has 2 N–H and O–H groups in total. The Morgan fingerprint density at radius 2 is 1.79 bits per heavy atom. The molecule has 1 aliphatic rings. The van der Waals surface area contributed by atoms with Gasteiger partial charge in [-0.2, -0.15) is 0 Å². The van der Waals surface area contributed by atoms with E-state index >= 15 is 0 Å². The van der Waals surface area contributed by atoms with Gasteiger partial charge in [0.2, 0.25) is 5.78 Å². The molecular formula is C26H33N3O5. The summed E-state index contributed by atoms with van der Waals surface area (Å²) < 4.78 is 4.80. The molecule has 8 nitrogen and oxygen atoms in total. The molecule has 2 aromatic rings. The van der Waals surface area contributed by atoms with E-state index in [4.69, 9.17) is 4.74 Å². The van der Waals surface area contributed by atoms with Gasteiger partial charge in [-0.1, -0.05) is 43.9 Å². The van der Waals surface area contributed by atoms with Crippen molar-refractivity contribution in [2.75, 3.05) is 34.3 Å². The van der Waals surface area contributed by atoms with Crippen molar-refractivity contribution in [3.8, 4) is 0 Å². The molecule has 1 aromatic carbocycles. The second kappa shape index (κ2) is 9.85. The number of likely N-dealkylation sites (tertiary alicyclic amines) is 1. The summed E-state index contributed by atoms with van der Waals surface area (Å²) in [6.45, 7) is 8.41. The van der Waals surface area contributed by atoms with Gasteiger partial charge >= 0.3 is 5.97 Å². The number of ketones is 1. The Kier molecular flexibility index (Phi) is 7.31. The van der Waals surface area contributed by atoms with Gasteiger partial charge in [0, 0.05) is 11.3 Å². The first kappa shape index (κ1) is 25.2. The summed E-state index contributed by atoms with van der Waals surface area (Å²) in [5, 5.41) is 13.8. The van der Waals surface area contributed by atoms with Crippen molar-refractivity contribution < 1.29 is 29.1 Å². The molecule has 1 amide bonds. The Morgan fingerprint density at radius 3 is 2.32 bits per heavy atom. The van der Waals surface area contributed by atoms with Crippen LogP contribution in [0.4, 0.5) is 0 Å². The number of quaternary nitrogens is 1. The number of H-pyrrole nitrogens is 1. The molecule has 1 atom stereocenters. The largest absolute Gasteiger partial charge is 0.872 e. The van der Waals surface area contributed by atoms with Gasteiger partial charge in [0.1, 0.15) is 5.69 Å². The molecule has 182 valence electrons. The van der Waals surface area contributed by atoms with Crippen molar-refractivity contribution in [1.29, 1.82) is 0 Å². The number of aromatic nitrogens is 1. The number of methoxy groups -OCH3 is 1. The average Bonchev–Trinajstić information content (AvgIpc) is 3.23. The molecule has 1 aliphatic heterocycles. The zero-order valence-corrected chi connectivity index (χ0v) is 20.9. The molecule has 0 aliphatic carbocycles. The highest BCUT2D eigenvalue weighted by Gasteiger charge is 2.44. The molecule has 1 fully saturated rings. The topological polar surface area (TPSA) is 107 Å². The summed E-state index contributed by atoms with van der Waals surface area (Å²) in [6, 6.07) is 6.90. The molecule has 34 heavy (non-hydrogen) atoms. The zero-order chi connectivity index (χ0) is 25.3. The number of rotatable bonds is 7. The first-order valence-corrected chi connectivity index (χ1v) is 11.4. The third kappa shape index (κ3) is 4.50. The molecule has 3 rings (SSSR count). The van der Waals surface area contributed by atoms with E-state index in [9.17, 15) is 19.5 Å². The molecule has 0 radical (unpaired) electrons. The van der Waals surface area contributed by atoms with E-state index in [2.05, 4.69) is 18.8 Å². The van der Waals surface area contributed by atoms with Crippen LogP contribution in [-0.2, 0) is 14.3 Å². The van der Waals surface area contributed by atoms with Gasteiger partial charge in [-0.25, -0.2) is 4.79 Å². The normalized spacial score (nSPS) is 17.8. The minimum Gasteiger partial charge on any atom is -0.872 e. The number of aromatic amines is 1. The zero-order valence-electron chi connectivity index (χ0n) is 20.9. The van der Waals surface area contributed by atoms with Gasteiger partial charge < -0.3 is 24.6 Å². The van der Waals surface area contributed by atoms with Crippen LogP contribution >= 0.6 is 0 Å².